The largest absolute Gasteiger partial charge is 0.508 e. The maximum absolute atomic E-state index is 13.4. The van der Waals surface area contributed by atoms with E-state index in [0.717, 1.165) is 42.6 Å². The number of imidazole rings is 1. The molecule has 1 atom stereocenters. The Morgan fingerprint density at radius 3 is 2.48 bits per heavy atom. The number of hydrogen-bond acceptors (Lipinski definition) is 5. The number of H-pyrrole nitrogens is 1. The summed E-state index contributed by atoms with van der Waals surface area (Å²) in [6.45, 7) is 1.47. The van der Waals surface area contributed by atoms with Crippen LogP contribution in [0.15, 0.2) is 66.9 Å². The van der Waals surface area contributed by atoms with Crippen LogP contribution in [-0.4, -0.2) is 42.5 Å². The Morgan fingerprint density at radius 1 is 1.00 bits per heavy atom. The molecule has 1 saturated carbocycles. The lowest BCUT2D eigenvalue weighted by Crippen LogP contribution is -2.33. The number of phenols is 1. The monoisotopic (exact) mass is 565 g/mol. The number of anilines is 1. The fourth-order valence-electron chi connectivity index (χ4n) is 5.91. The normalized spacial score (nSPS) is 14.6. The third kappa shape index (κ3) is 5.18. The molecule has 0 saturated heterocycles. The molecule has 0 spiro atoms. The molecule has 0 unspecified atom stereocenters. The van der Waals surface area contributed by atoms with E-state index in [4.69, 9.17) is 4.98 Å². The number of carbonyl (C=O) groups is 3. The van der Waals surface area contributed by atoms with Gasteiger partial charge in [0, 0.05) is 52.4 Å². The number of aromatic nitrogens is 3. The molecule has 5 N–H and O–H groups in total. The second-order valence-corrected chi connectivity index (χ2v) is 10.8. The zero-order valence-electron chi connectivity index (χ0n) is 23.1. The van der Waals surface area contributed by atoms with Gasteiger partial charge in [0.25, 0.3) is 5.91 Å². The molecule has 0 bridgehead atoms. The Morgan fingerprint density at radius 2 is 1.76 bits per heavy atom. The molecule has 3 aromatic carbocycles. The van der Waals surface area contributed by atoms with Crippen molar-refractivity contribution in [1.29, 1.82) is 0 Å². The predicted octanol–water partition coefficient (Wildman–Crippen LogP) is 5.91. The summed E-state index contributed by atoms with van der Waals surface area (Å²) in [5, 5.41) is 25.9. The third-order valence-electron chi connectivity index (χ3n) is 7.89. The minimum absolute atomic E-state index is 0.00150. The van der Waals surface area contributed by atoms with Gasteiger partial charge >= 0.3 is 5.97 Å². The second-order valence-electron chi connectivity index (χ2n) is 10.8. The number of phenolic OH excluding ortho intramolecular Hbond substituents is 1. The maximum Gasteiger partial charge on any atom is 0.331 e. The number of hydrogen-bond donors (Lipinski definition) is 5. The summed E-state index contributed by atoms with van der Waals surface area (Å²) in [6.07, 6.45) is 7.06. The summed E-state index contributed by atoms with van der Waals surface area (Å²) in [5.74, 6) is -1.13. The van der Waals surface area contributed by atoms with Crippen LogP contribution in [0.25, 0.3) is 33.3 Å². The predicted molar refractivity (Wildman–Crippen MR) is 159 cm³/mol. The molecule has 214 valence electrons. The van der Waals surface area contributed by atoms with Gasteiger partial charge in [-0.05, 0) is 73.5 Å². The van der Waals surface area contributed by atoms with Crippen LogP contribution in [0.5, 0.6) is 5.75 Å². The highest BCUT2D eigenvalue weighted by molar-refractivity contribution is 6.01. The highest BCUT2D eigenvalue weighted by atomic mass is 16.4. The summed E-state index contributed by atoms with van der Waals surface area (Å²) in [7, 11) is 0. The van der Waals surface area contributed by atoms with E-state index >= 15 is 0 Å². The zero-order valence-corrected chi connectivity index (χ0v) is 23.1. The van der Waals surface area contributed by atoms with Crippen molar-refractivity contribution in [2.75, 3.05) is 5.32 Å². The molecule has 42 heavy (non-hydrogen) atoms. The fraction of sp³-hybridized carbons (Fsp3) is 0.250. The van der Waals surface area contributed by atoms with Crippen molar-refractivity contribution in [3.05, 3.63) is 78.0 Å². The summed E-state index contributed by atoms with van der Waals surface area (Å²) < 4.78 is 2.25. The molecule has 0 aliphatic heterocycles. The first-order valence-corrected chi connectivity index (χ1v) is 14.0. The number of aromatic amines is 1. The number of carbonyl (C=O) groups excluding carboxylic acids is 2. The van der Waals surface area contributed by atoms with Gasteiger partial charge in [0.15, 0.2) is 6.04 Å². The Hall–Kier alpha value is -5.12. The van der Waals surface area contributed by atoms with Crippen LogP contribution < -0.4 is 10.6 Å². The first-order chi connectivity index (χ1) is 20.3. The molecule has 5 aromatic rings. The van der Waals surface area contributed by atoms with Crippen LogP contribution in [0.4, 0.5) is 5.69 Å². The van der Waals surface area contributed by atoms with Crippen molar-refractivity contribution in [3.8, 4) is 17.1 Å². The van der Waals surface area contributed by atoms with E-state index in [2.05, 4.69) is 20.2 Å². The van der Waals surface area contributed by atoms with E-state index < -0.39 is 17.9 Å². The Bertz CT molecular complexity index is 1810. The molecule has 1 aliphatic rings. The molecule has 2 heterocycles. The van der Waals surface area contributed by atoms with Gasteiger partial charge < -0.3 is 30.4 Å². The van der Waals surface area contributed by atoms with Gasteiger partial charge in [-0.3, -0.25) is 9.59 Å². The SMILES string of the molecule is CC(=O)Nc1ccc(-c2nc3cc(C(=O)N[C@H](C(=O)O)c4c[nH]c5ccc(O)cc45)ccc3n2C2CCCCC2)cc1. The Balaban J connectivity index is 1.35. The molecule has 10 heteroatoms. The van der Waals surface area contributed by atoms with E-state index in [0.29, 0.717) is 27.7 Å². The van der Waals surface area contributed by atoms with Crippen LogP contribution >= 0.6 is 0 Å². The van der Waals surface area contributed by atoms with Gasteiger partial charge in [0.1, 0.15) is 11.6 Å². The minimum Gasteiger partial charge on any atom is -0.508 e. The van der Waals surface area contributed by atoms with Gasteiger partial charge in [-0.1, -0.05) is 19.3 Å². The molecular weight excluding hydrogens is 534 g/mol. The van der Waals surface area contributed by atoms with Gasteiger partial charge in [-0.25, -0.2) is 9.78 Å². The number of fused-ring (bicyclic) bond motifs is 2. The first kappa shape index (κ1) is 27.1. The summed E-state index contributed by atoms with van der Waals surface area (Å²) in [4.78, 5) is 45.0. The standard InChI is InChI=1S/C32H31N5O5/c1-18(38)34-21-10-7-19(8-11-21)30-35-27-15-20(9-14-28(27)37(30)22-5-3-2-4-6-22)31(40)36-29(32(41)42)25-17-33-26-13-12-23(39)16-24(25)26/h7-17,22,29,33,39H,2-6H2,1H3,(H,34,38)(H,36,40)(H,41,42)/t29-/m0/s1. The zero-order chi connectivity index (χ0) is 29.4. The topological polar surface area (TPSA) is 149 Å². The average molecular weight is 566 g/mol. The van der Waals surface area contributed by atoms with Crippen LogP contribution in [0.3, 0.4) is 0 Å². The molecule has 2 amide bonds. The summed E-state index contributed by atoms with van der Waals surface area (Å²) in [6, 6.07) is 16.4. The molecule has 1 fully saturated rings. The minimum atomic E-state index is -1.33. The van der Waals surface area contributed by atoms with Crippen molar-refractivity contribution < 1.29 is 24.6 Å². The smallest absolute Gasteiger partial charge is 0.331 e. The number of aliphatic carboxylic acids is 1. The third-order valence-corrected chi connectivity index (χ3v) is 7.89. The number of rotatable bonds is 7. The van der Waals surface area contributed by atoms with E-state index in [-0.39, 0.29) is 23.3 Å². The lowest BCUT2D eigenvalue weighted by Gasteiger charge is -2.25. The van der Waals surface area contributed by atoms with E-state index in [1.165, 1.54) is 31.7 Å². The number of carboxylic acid groups (broad SMARTS) is 1. The summed E-state index contributed by atoms with van der Waals surface area (Å²) >= 11 is 0. The molecule has 6 rings (SSSR count). The van der Waals surface area contributed by atoms with Gasteiger partial charge in [0.2, 0.25) is 5.91 Å². The van der Waals surface area contributed by atoms with Crippen LogP contribution in [0.1, 0.15) is 67.0 Å². The number of nitrogens with one attached hydrogen (secondary N) is 3. The number of nitrogens with zero attached hydrogens (tertiary/aromatic N) is 2. The molecule has 10 nitrogen and oxygen atoms in total. The first-order valence-electron chi connectivity index (χ1n) is 14.0. The van der Waals surface area contributed by atoms with Gasteiger partial charge in [0.05, 0.1) is 11.0 Å². The fourth-order valence-corrected chi connectivity index (χ4v) is 5.91. The van der Waals surface area contributed by atoms with E-state index in [1.807, 2.05) is 30.3 Å². The molecular formula is C32H31N5O5. The van der Waals surface area contributed by atoms with E-state index in [1.54, 1.807) is 18.2 Å². The van der Waals surface area contributed by atoms with Crippen molar-refractivity contribution in [2.45, 2.75) is 51.1 Å². The van der Waals surface area contributed by atoms with Gasteiger partial charge in [-0.15, -0.1) is 0 Å². The van der Waals surface area contributed by atoms with Crippen LogP contribution in [0.2, 0.25) is 0 Å². The molecule has 2 aromatic heterocycles. The van der Waals surface area contributed by atoms with Crippen molar-refractivity contribution in [1.82, 2.24) is 19.9 Å². The lowest BCUT2D eigenvalue weighted by molar-refractivity contribution is -0.139. The van der Waals surface area contributed by atoms with Crippen molar-refractivity contribution in [2.24, 2.45) is 0 Å². The number of amides is 2. The highest BCUT2D eigenvalue weighted by Crippen LogP contribution is 2.36. The van der Waals surface area contributed by atoms with Crippen molar-refractivity contribution >= 4 is 45.4 Å². The average Bonchev–Trinajstić information content (AvgIpc) is 3.57. The number of carboxylic acids is 1. The lowest BCUT2D eigenvalue weighted by atomic mass is 9.94. The van der Waals surface area contributed by atoms with Crippen LogP contribution in [0, 0.1) is 0 Å². The quantitative estimate of drug-likeness (QED) is 0.166. The Kier molecular flexibility index (Phi) is 7.12. The number of benzene rings is 3. The Labute approximate surface area is 241 Å². The van der Waals surface area contributed by atoms with Crippen molar-refractivity contribution in [3.63, 3.8) is 0 Å². The molecule has 0 radical (unpaired) electrons. The summed E-state index contributed by atoms with van der Waals surface area (Å²) in [5.41, 5.74) is 4.41. The van der Waals surface area contributed by atoms with E-state index in [9.17, 15) is 24.6 Å². The van der Waals surface area contributed by atoms with Crippen LogP contribution in [-0.2, 0) is 9.59 Å². The number of aromatic hydroxyl groups is 1. The maximum atomic E-state index is 13.4. The second kappa shape index (κ2) is 11.0. The molecule has 1 aliphatic carbocycles. The highest BCUT2D eigenvalue weighted by Gasteiger charge is 2.27. The van der Waals surface area contributed by atoms with Gasteiger partial charge in [-0.2, -0.15) is 0 Å².